The maximum Gasteiger partial charge on any atom is 0.336 e. The molecule has 0 radical (unpaired) electrons. The summed E-state index contributed by atoms with van der Waals surface area (Å²) in [5, 5.41) is 9.15. The van der Waals surface area contributed by atoms with Gasteiger partial charge in [0.2, 0.25) is 0 Å². The van der Waals surface area contributed by atoms with E-state index in [0.717, 1.165) is 11.3 Å². The van der Waals surface area contributed by atoms with Crippen LogP contribution in [0, 0.1) is 0 Å². The number of hydrogen-bond acceptors (Lipinski definition) is 3. The van der Waals surface area contributed by atoms with E-state index >= 15 is 0 Å². The summed E-state index contributed by atoms with van der Waals surface area (Å²) in [6.45, 7) is 7.50. The quantitative estimate of drug-likeness (QED) is 0.890. The van der Waals surface area contributed by atoms with Crippen molar-refractivity contribution in [1.29, 1.82) is 0 Å². The van der Waals surface area contributed by atoms with Gasteiger partial charge in [-0.2, -0.15) is 0 Å². The van der Waals surface area contributed by atoms with Gasteiger partial charge < -0.3 is 14.6 Å². The van der Waals surface area contributed by atoms with Crippen molar-refractivity contribution in [1.82, 2.24) is 0 Å². The van der Waals surface area contributed by atoms with Crippen molar-refractivity contribution in [2.45, 2.75) is 45.3 Å². The Labute approximate surface area is 114 Å². The number of carboxylic acids is 1. The molecule has 1 N–H and O–H groups in total. The maximum atomic E-state index is 11.2. The van der Waals surface area contributed by atoms with Crippen LogP contribution in [0.3, 0.4) is 0 Å². The van der Waals surface area contributed by atoms with Crippen molar-refractivity contribution in [3.8, 4) is 5.75 Å². The summed E-state index contributed by atoms with van der Waals surface area (Å²) in [6.07, 6.45) is 0.314. The van der Waals surface area contributed by atoms with Gasteiger partial charge in [0.05, 0.1) is 0 Å². The van der Waals surface area contributed by atoms with Crippen molar-refractivity contribution < 1.29 is 19.4 Å². The molecule has 1 aromatic rings. The molecule has 0 amide bonds. The average Bonchev–Trinajstić information content (AvgIpc) is 2.29. The first-order valence-corrected chi connectivity index (χ1v) is 6.23. The van der Waals surface area contributed by atoms with E-state index in [-0.39, 0.29) is 5.60 Å². The monoisotopic (exact) mass is 266 g/mol. The normalized spacial score (nSPS) is 14.8. The molecule has 0 aliphatic carbocycles. The van der Waals surface area contributed by atoms with Crippen LogP contribution < -0.4 is 4.74 Å². The van der Waals surface area contributed by atoms with E-state index in [2.05, 4.69) is 0 Å². The molecule has 0 aromatic heterocycles. The Morgan fingerprint density at radius 3 is 2.05 bits per heavy atom. The van der Waals surface area contributed by atoms with Crippen molar-refractivity contribution >= 4 is 5.97 Å². The number of carbonyl (C=O) groups is 1. The largest absolute Gasteiger partial charge is 0.488 e. The predicted octanol–water partition coefficient (Wildman–Crippen LogP) is 2.90. The molecule has 106 valence electrons. The summed E-state index contributed by atoms with van der Waals surface area (Å²) in [4.78, 5) is 11.2. The zero-order valence-electron chi connectivity index (χ0n) is 12.2. The number of benzene rings is 1. The lowest BCUT2D eigenvalue weighted by Gasteiger charge is -2.24. The number of rotatable bonds is 5. The average molecular weight is 266 g/mol. The summed E-state index contributed by atoms with van der Waals surface area (Å²) < 4.78 is 10.8. The highest BCUT2D eigenvalue weighted by Gasteiger charge is 2.33. The van der Waals surface area contributed by atoms with Gasteiger partial charge in [-0.3, -0.25) is 0 Å². The minimum Gasteiger partial charge on any atom is -0.488 e. The zero-order chi connectivity index (χ0) is 14.7. The van der Waals surface area contributed by atoms with E-state index in [1.807, 2.05) is 45.0 Å². The molecule has 0 saturated heterocycles. The minimum atomic E-state index is -1.20. The molecule has 0 aliphatic heterocycles. The van der Waals surface area contributed by atoms with E-state index < -0.39 is 11.6 Å². The smallest absolute Gasteiger partial charge is 0.336 e. The summed E-state index contributed by atoms with van der Waals surface area (Å²) >= 11 is 0. The minimum absolute atomic E-state index is 0.246. The zero-order valence-corrected chi connectivity index (χ0v) is 12.2. The third kappa shape index (κ3) is 4.56. The lowest BCUT2D eigenvalue weighted by molar-refractivity contribution is -0.159. The Bertz CT molecular complexity index is 430. The van der Waals surface area contributed by atoms with Crippen molar-refractivity contribution in [2.75, 3.05) is 7.11 Å². The van der Waals surface area contributed by atoms with E-state index in [1.165, 1.54) is 7.11 Å². The molecule has 0 heterocycles. The molecule has 0 unspecified atom stereocenters. The van der Waals surface area contributed by atoms with Gasteiger partial charge in [0, 0.05) is 13.5 Å². The van der Waals surface area contributed by atoms with Gasteiger partial charge in [0.15, 0.2) is 5.60 Å². The van der Waals surface area contributed by atoms with Crippen LogP contribution >= 0.6 is 0 Å². The van der Waals surface area contributed by atoms with E-state index in [1.54, 1.807) is 6.92 Å². The molecule has 0 bridgehead atoms. The van der Waals surface area contributed by atoms with Gasteiger partial charge >= 0.3 is 5.97 Å². The fourth-order valence-electron chi connectivity index (χ4n) is 1.65. The van der Waals surface area contributed by atoms with Gasteiger partial charge in [-0.15, -0.1) is 0 Å². The van der Waals surface area contributed by atoms with Crippen LogP contribution in [0.25, 0.3) is 0 Å². The van der Waals surface area contributed by atoms with Crippen LogP contribution in [0.4, 0.5) is 0 Å². The molecular formula is C15H22O4. The van der Waals surface area contributed by atoms with E-state index in [9.17, 15) is 4.79 Å². The first-order valence-electron chi connectivity index (χ1n) is 6.23. The van der Waals surface area contributed by atoms with Crippen molar-refractivity contribution in [3.05, 3.63) is 29.8 Å². The summed E-state index contributed by atoms with van der Waals surface area (Å²) in [5.74, 6) is -0.198. The summed E-state index contributed by atoms with van der Waals surface area (Å²) in [5.41, 5.74) is -0.552. The van der Waals surface area contributed by atoms with Crippen molar-refractivity contribution in [3.63, 3.8) is 0 Å². The highest BCUT2D eigenvalue weighted by atomic mass is 16.5. The van der Waals surface area contributed by atoms with Gasteiger partial charge in [-0.1, -0.05) is 12.1 Å². The molecule has 1 aromatic carbocycles. The second-order valence-corrected chi connectivity index (χ2v) is 5.78. The Balaban J connectivity index is 2.80. The third-order valence-corrected chi connectivity index (χ3v) is 2.79. The lowest BCUT2D eigenvalue weighted by atomic mass is 9.96. The van der Waals surface area contributed by atoms with Gasteiger partial charge in [0.25, 0.3) is 0 Å². The highest BCUT2D eigenvalue weighted by Crippen LogP contribution is 2.22. The second kappa shape index (κ2) is 5.61. The predicted molar refractivity (Wildman–Crippen MR) is 73.6 cm³/mol. The first-order chi connectivity index (χ1) is 8.66. The number of aliphatic carboxylic acids is 1. The number of ether oxygens (including phenoxy) is 2. The molecule has 19 heavy (non-hydrogen) atoms. The molecular weight excluding hydrogens is 244 g/mol. The fraction of sp³-hybridized carbons (Fsp3) is 0.533. The second-order valence-electron chi connectivity index (χ2n) is 5.78. The van der Waals surface area contributed by atoms with Crippen molar-refractivity contribution in [2.24, 2.45) is 0 Å². The van der Waals surface area contributed by atoms with Crippen LogP contribution in [-0.2, 0) is 16.0 Å². The van der Waals surface area contributed by atoms with Gasteiger partial charge in [-0.25, -0.2) is 4.79 Å². The molecule has 0 spiro atoms. The fourth-order valence-corrected chi connectivity index (χ4v) is 1.65. The Morgan fingerprint density at radius 2 is 1.68 bits per heavy atom. The molecule has 4 heteroatoms. The van der Waals surface area contributed by atoms with E-state index in [4.69, 9.17) is 14.6 Å². The highest BCUT2D eigenvalue weighted by molar-refractivity contribution is 5.77. The van der Waals surface area contributed by atoms with Gasteiger partial charge in [-0.05, 0) is 45.4 Å². The standard InChI is InChI=1S/C15H22O4/c1-14(2,3)19-12-8-6-11(7-9-12)10-15(4,18-5)13(16)17/h6-9H,10H2,1-5H3,(H,16,17)/t15-/m0/s1. The maximum absolute atomic E-state index is 11.2. The molecule has 0 aliphatic rings. The molecule has 1 rings (SSSR count). The molecule has 0 fully saturated rings. The molecule has 1 atom stereocenters. The third-order valence-electron chi connectivity index (χ3n) is 2.79. The van der Waals surface area contributed by atoms with Crippen LogP contribution in [0.1, 0.15) is 33.3 Å². The van der Waals surface area contributed by atoms with Crippen LogP contribution in [0.2, 0.25) is 0 Å². The van der Waals surface area contributed by atoms with Crippen LogP contribution in [0.15, 0.2) is 24.3 Å². The van der Waals surface area contributed by atoms with Gasteiger partial charge in [0.1, 0.15) is 11.4 Å². The number of methoxy groups -OCH3 is 1. The van der Waals surface area contributed by atoms with Crippen LogP contribution in [-0.4, -0.2) is 29.4 Å². The Kier molecular flexibility index (Phi) is 4.58. The summed E-state index contributed by atoms with van der Waals surface area (Å²) in [7, 11) is 1.41. The topological polar surface area (TPSA) is 55.8 Å². The number of carboxylic acid groups (broad SMARTS) is 1. The Hall–Kier alpha value is -1.55. The van der Waals surface area contributed by atoms with E-state index in [0.29, 0.717) is 6.42 Å². The molecule has 4 nitrogen and oxygen atoms in total. The SMILES string of the molecule is CO[C@@](C)(Cc1ccc(OC(C)(C)C)cc1)C(=O)O. The lowest BCUT2D eigenvalue weighted by Crippen LogP contribution is -2.39. The van der Waals surface area contributed by atoms with Crippen LogP contribution in [0.5, 0.6) is 5.75 Å². The number of hydrogen-bond donors (Lipinski definition) is 1. The first kappa shape index (κ1) is 15.5. The summed E-state index contributed by atoms with van der Waals surface area (Å²) in [6, 6.07) is 7.42. The molecule has 0 saturated carbocycles. The Morgan fingerprint density at radius 1 is 1.16 bits per heavy atom.